The van der Waals surface area contributed by atoms with E-state index in [1.165, 1.54) is 7.05 Å². The van der Waals surface area contributed by atoms with E-state index in [4.69, 9.17) is 11.7 Å². The Morgan fingerprint density at radius 1 is 1.25 bits per heavy atom. The Hall–Kier alpha value is -0.821. The Kier molecular flexibility index (Phi) is 5.82. The summed E-state index contributed by atoms with van der Waals surface area (Å²) in [7, 11) is 2.25. The maximum Gasteiger partial charge on any atom is 0.316 e. The Labute approximate surface area is 139 Å². The van der Waals surface area contributed by atoms with Gasteiger partial charge in [0.25, 0.3) is 5.91 Å². The van der Waals surface area contributed by atoms with Crippen molar-refractivity contribution in [3.63, 3.8) is 0 Å². The third kappa shape index (κ3) is 2.93. The van der Waals surface area contributed by atoms with Gasteiger partial charge in [-0.3, -0.25) is 30.5 Å². The van der Waals surface area contributed by atoms with Gasteiger partial charge >= 0.3 is 11.8 Å². The van der Waals surface area contributed by atoms with E-state index in [0.29, 0.717) is 0 Å². The molecule has 0 spiro atoms. The zero-order valence-electron chi connectivity index (χ0n) is 10.4. The van der Waals surface area contributed by atoms with Crippen LogP contribution in [0.3, 0.4) is 0 Å². The van der Waals surface area contributed by atoms with Gasteiger partial charge < -0.3 is 16.6 Å². The van der Waals surface area contributed by atoms with Gasteiger partial charge in [-0.15, -0.1) is 0 Å². The average Bonchev–Trinajstić information content (AvgIpc) is 2.42. The molecule has 5 nitrogen and oxygen atoms in total. The van der Waals surface area contributed by atoms with E-state index in [1.54, 1.807) is 0 Å². The first-order chi connectivity index (χ1) is 9.01. The molecule has 1 aromatic carbocycles. The van der Waals surface area contributed by atoms with E-state index < -0.39 is 22.6 Å². The molecule has 1 atom stereocenters. The van der Waals surface area contributed by atoms with Crippen molar-refractivity contribution in [2.45, 2.75) is 11.3 Å². The van der Waals surface area contributed by atoms with Crippen LogP contribution in [-0.4, -0.2) is 34.5 Å². The SMILES string of the molecule is CN1C(=O)C(=O)NC(=O)C1(Cc1ccccc1)S[S-].[Ir]. The standard InChI is InChI=1S/C12H12N2O3S2.Ir/c1-14-10(16)9(15)13-11(17)12(14,19-18)7-8-5-3-2-4-6-8;/h2-6,18H,7H2,1H3,(H,13,15,17);/p-1. The summed E-state index contributed by atoms with van der Waals surface area (Å²) in [5.41, 5.74) is 0.865. The molecule has 2 rings (SSSR count). The largest absolute Gasteiger partial charge is 0.716 e. The number of nitrogens with zero attached hydrogens (tertiary/aromatic N) is 1. The predicted octanol–water partition coefficient (Wildman–Crippen LogP) is 0.233. The van der Waals surface area contributed by atoms with Gasteiger partial charge in [0, 0.05) is 33.6 Å². The number of benzene rings is 1. The Balaban J connectivity index is 0.00000200. The Morgan fingerprint density at radius 3 is 2.40 bits per heavy atom. The van der Waals surface area contributed by atoms with Crippen LogP contribution in [0.25, 0.3) is 0 Å². The van der Waals surface area contributed by atoms with Crippen LogP contribution in [0.4, 0.5) is 0 Å². The normalized spacial score (nSPS) is 22.3. The second kappa shape index (κ2) is 6.76. The molecule has 0 bridgehead atoms. The molecule has 1 aromatic rings. The van der Waals surface area contributed by atoms with Gasteiger partial charge in [-0.1, -0.05) is 30.3 Å². The van der Waals surface area contributed by atoms with Gasteiger partial charge in [0.15, 0.2) is 0 Å². The first-order valence-electron chi connectivity index (χ1n) is 5.50. The summed E-state index contributed by atoms with van der Waals surface area (Å²) in [5.74, 6) is -2.23. The van der Waals surface area contributed by atoms with Crippen LogP contribution >= 0.6 is 10.8 Å². The van der Waals surface area contributed by atoms with Crippen LogP contribution in [-0.2, 0) is 52.6 Å². The summed E-state index contributed by atoms with van der Waals surface area (Å²) in [6.07, 6.45) is 0.253. The average molecular weight is 488 g/mol. The van der Waals surface area contributed by atoms with E-state index in [9.17, 15) is 14.4 Å². The molecule has 1 saturated heterocycles. The van der Waals surface area contributed by atoms with E-state index in [2.05, 4.69) is 5.32 Å². The molecule has 1 aliphatic rings. The molecule has 1 N–H and O–H groups in total. The third-order valence-electron chi connectivity index (χ3n) is 3.05. The molecule has 1 aliphatic heterocycles. The molecule has 0 aromatic heterocycles. The molecule has 1 unspecified atom stereocenters. The molecule has 1 heterocycles. The Bertz CT molecular complexity index is 541. The minimum atomic E-state index is -1.26. The number of rotatable bonds is 3. The van der Waals surface area contributed by atoms with Gasteiger partial charge in [-0.25, -0.2) is 0 Å². The molecule has 109 valence electrons. The first-order valence-corrected chi connectivity index (χ1v) is 7.24. The number of nitrogens with one attached hydrogen (secondary N) is 1. The molecular formula is C12H11IrN2O3S2-. The minimum Gasteiger partial charge on any atom is -0.716 e. The van der Waals surface area contributed by atoms with Crippen LogP contribution in [0.2, 0.25) is 0 Å². The fourth-order valence-corrected chi connectivity index (χ4v) is 3.20. The van der Waals surface area contributed by atoms with Crippen molar-refractivity contribution in [2.24, 2.45) is 0 Å². The quantitative estimate of drug-likeness (QED) is 0.286. The van der Waals surface area contributed by atoms with E-state index in [1.807, 2.05) is 30.3 Å². The number of likely N-dealkylation sites (N-methyl/N-ethyl adjacent to an activating group) is 1. The number of amides is 3. The predicted molar refractivity (Wildman–Crippen MR) is 73.8 cm³/mol. The van der Waals surface area contributed by atoms with Crippen LogP contribution in [0.15, 0.2) is 30.3 Å². The molecular weight excluding hydrogens is 476 g/mol. The van der Waals surface area contributed by atoms with Crippen LogP contribution in [0.1, 0.15) is 5.56 Å². The summed E-state index contributed by atoms with van der Waals surface area (Å²) in [6, 6.07) is 9.22. The number of carbonyl (C=O) groups excluding carboxylic acids is 3. The number of carbonyl (C=O) groups is 3. The smallest absolute Gasteiger partial charge is 0.316 e. The molecule has 8 heteroatoms. The van der Waals surface area contributed by atoms with Crippen LogP contribution in [0, 0.1) is 0 Å². The van der Waals surface area contributed by atoms with Crippen molar-refractivity contribution in [3.8, 4) is 0 Å². The summed E-state index contributed by atoms with van der Waals surface area (Å²) in [6.45, 7) is 0. The van der Waals surface area contributed by atoms with Gasteiger partial charge in [0.05, 0.1) is 0 Å². The summed E-state index contributed by atoms with van der Waals surface area (Å²) >= 11 is 4.98. The topological polar surface area (TPSA) is 66.5 Å². The summed E-state index contributed by atoms with van der Waals surface area (Å²) in [5, 5.41) is 2.06. The fraction of sp³-hybridized carbons (Fsp3) is 0.250. The fourth-order valence-electron chi connectivity index (χ4n) is 1.92. The molecule has 0 saturated carbocycles. The molecule has 1 fully saturated rings. The zero-order chi connectivity index (χ0) is 14.0. The first kappa shape index (κ1) is 17.2. The van der Waals surface area contributed by atoms with Crippen molar-refractivity contribution in [1.29, 1.82) is 0 Å². The van der Waals surface area contributed by atoms with Crippen molar-refractivity contribution < 1.29 is 34.5 Å². The molecule has 0 aliphatic carbocycles. The van der Waals surface area contributed by atoms with Gasteiger partial charge in [0.1, 0.15) is 4.87 Å². The molecule has 1 radical (unpaired) electrons. The maximum atomic E-state index is 12.1. The van der Waals surface area contributed by atoms with E-state index in [0.717, 1.165) is 21.3 Å². The van der Waals surface area contributed by atoms with Gasteiger partial charge in [0.2, 0.25) is 0 Å². The zero-order valence-corrected chi connectivity index (χ0v) is 14.4. The molecule has 3 amide bonds. The van der Waals surface area contributed by atoms with Crippen molar-refractivity contribution in [1.82, 2.24) is 10.2 Å². The maximum absolute atomic E-state index is 12.1. The van der Waals surface area contributed by atoms with Gasteiger partial charge in [-0.05, 0) is 5.56 Å². The number of hydrogen-bond acceptors (Lipinski definition) is 5. The Morgan fingerprint density at radius 2 is 1.85 bits per heavy atom. The van der Waals surface area contributed by atoms with Gasteiger partial charge in [-0.2, -0.15) is 0 Å². The van der Waals surface area contributed by atoms with E-state index in [-0.39, 0.29) is 26.5 Å². The number of imide groups is 1. The van der Waals surface area contributed by atoms with Crippen LogP contribution < -0.4 is 5.32 Å². The van der Waals surface area contributed by atoms with Crippen LogP contribution in [0.5, 0.6) is 0 Å². The second-order valence-corrected chi connectivity index (χ2v) is 5.52. The summed E-state index contributed by atoms with van der Waals surface area (Å²) < 4.78 is 0. The monoisotopic (exact) mass is 488 g/mol. The van der Waals surface area contributed by atoms with Crippen molar-refractivity contribution >= 4 is 40.2 Å². The number of hydrogen-bond donors (Lipinski definition) is 1. The van der Waals surface area contributed by atoms with E-state index >= 15 is 0 Å². The van der Waals surface area contributed by atoms with Crippen molar-refractivity contribution in [3.05, 3.63) is 35.9 Å². The van der Waals surface area contributed by atoms with Crippen molar-refractivity contribution in [2.75, 3.05) is 7.05 Å². The summed E-state index contributed by atoms with van der Waals surface area (Å²) in [4.78, 5) is 35.0. The molecule has 20 heavy (non-hydrogen) atoms. The second-order valence-electron chi connectivity index (χ2n) is 4.18. The third-order valence-corrected chi connectivity index (χ3v) is 4.75. The minimum absolute atomic E-state index is 0. The number of piperazine rings is 1.